The summed E-state index contributed by atoms with van der Waals surface area (Å²) in [5.41, 5.74) is 0. The van der Waals surface area contributed by atoms with Gasteiger partial charge in [-0.05, 0) is 44.2 Å². The molecule has 1 atom stereocenters. The average Bonchev–Trinajstić information content (AvgIpc) is 2.93. The molecule has 2 heterocycles. The van der Waals surface area contributed by atoms with Crippen LogP contribution in [0.25, 0.3) is 0 Å². The highest BCUT2D eigenvalue weighted by molar-refractivity contribution is 7.15. The van der Waals surface area contributed by atoms with Gasteiger partial charge in [0, 0.05) is 12.8 Å². The van der Waals surface area contributed by atoms with Crippen molar-refractivity contribution in [1.29, 1.82) is 0 Å². The fourth-order valence-corrected chi connectivity index (χ4v) is 3.57. The van der Waals surface area contributed by atoms with Crippen LogP contribution in [0.4, 0.5) is 5.13 Å². The number of carbonyl (C=O) groups is 1. The Bertz CT molecular complexity index is 443. The number of nitrogens with zero attached hydrogens (tertiary/aromatic N) is 2. The van der Waals surface area contributed by atoms with Crippen LogP contribution < -0.4 is 10.6 Å². The second-order valence-corrected chi connectivity index (χ2v) is 6.98. The Kier molecular flexibility index (Phi) is 6.57. The Hall–Kier alpha value is -1.01. The number of hydrogen-bond donors (Lipinski definition) is 2. The van der Waals surface area contributed by atoms with Crippen LogP contribution in [-0.2, 0) is 11.2 Å². The Morgan fingerprint density at radius 1 is 1.43 bits per heavy atom. The van der Waals surface area contributed by atoms with E-state index in [1.54, 1.807) is 0 Å². The minimum atomic E-state index is 0.0687. The summed E-state index contributed by atoms with van der Waals surface area (Å²) in [4.78, 5) is 12.1. The summed E-state index contributed by atoms with van der Waals surface area (Å²) in [5.74, 6) is 1.16. The highest BCUT2D eigenvalue weighted by Crippen LogP contribution is 2.25. The SMILES string of the molecule is CCCCc1nnc(NC(=O)CC(C)C2CCNCC2)s1. The first-order chi connectivity index (χ1) is 10.2. The van der Waals surface area contributed by atoms with Crippen LogP contribution in [0.1, 0.15) is 51.0 Å². The molecule has 1 aromatic heterocycles. The third-order valence-electron chi connectivity index (χ3n) is 4.15. The molecule has 0 bridgehead atoms. The normalized spacial score (nSPS) is 17.6. The van der Waals surface area contributed by atoms with Crippen LogP contribution >= 0.6 is 11.3 Å². The monoisotopic (exact) mass is 310 g/mol. The predicted octanol–water partition coefficient (Wildman–Crippen LogP) is 2.85. The van der Waals surface area contributed by atoms with Gasteiger partial charge in [-0.1, -0.05) is 31.6 Å². The average molecular weight is 310 g/mol. The quantitative estimate of drug-likeness (QED) is 0.812. The van der Waals surface area contributed by atoms with Gasteiger partial charge in [0.05, 0.1) is 0 Å². The molecule has 0 aromatic carbocycles. The van der Waals surface area contributed by atoms with Gasteiger partial charge >= 0.3 is 0 Å². The molecule has 6 heteroatoms. The first kappa shape index (κ1) is 16.4. The maximum absolute atomic E-state index is 12.1. The molecule has 5 nitrogen and oxygen atoms in total. The second-order valence-electron chi connectivity index (χ2n) is 5.92. The van der Waals surface area contributed by atoms with Crippen molar-refractivity contribution in [3.05, 3.63) is 5.01 Å². The fourth-order valence-electron chi connectivity index (χ4n) is 2.78. The lowest BCUT2D eigenvalue weighted by atomic mass is 9.84. The molecule has 1 amide bonds. The lowest BCUT2D eigenvalue weighted by molar-refractivity contribution is -0.117. The van der Waals surface area contributed by atoms with E-state index in [9.17, 15) is 4.79 Å². The van der Waals surface area contributed by atoms with Crippen LogP contribution in [0.3, 0.4) is 0 Å². The van der Waals surface area contributed by atoms with Crippen LogP contribution in [0.15, 0.2) is 0 Å². The maximum Gasteiger partial charge on any atom is 0.226 e. The van der Waals surface area contributed by atoms with Gasteiger partial charge < -0.3 is 10.6 Å². The van der Waals surface area contributed by atoms with E-state index in [0.29, 0.717) is 23.4 Å². The van der Waals surface area contributed by atoms with Crippen molar-refractivity contribution in [2.24, 2.45) is 11.8 Å². The third-order valence-corrected chi connectivity index (χ3v) is 5.05. The van der Waals surface area contributed by atoms with Crippen molar-refractivity contribution >= 4 is 22.4 Å². The molecule has 1 fully saturated rings. The topological polar surface area (TPSA) is 66.9 Å². The number of anilines is 1. The van der Waals surface area contributed by atoms with E-state index in [2.05, 4.69) is 34.7 Å². The number of unbranched alkanes of at least 4 members (excludes halogenated alkanes) is 1. The zero-order valence-electron chi connectivity index (χ0n) is 13.0. The van der Waals surface area contributed by atoms with Crippen molar-refractivity contribution in [2.45, 2.75) is 52.4 Å². The summed E-state index contributed by atoms with van der Waals surface area (Å²) in [5, 5.41) is 16.1. The number of amides is 1. The zero-order chi connectivity index (χ0) is 15.1. The van der Waals surface area contributed by atoms with Gasteiger partial charge in [-0.15, -0.1) is 10.2 Å². The van der Waals surface area contributed by atoms with E-state index < -0.39 is 0 Å². The van der Waals surface area contributed by atoms with Crippen molar-refractivity contribution in [2.75, 3.05) is 18.4 Å². The number of aryl methyl sites for hydroxylation is 1. The van der Waals surface area contributed by atoms with Crippen molar-refractivity contribution in [3.63, 3.8) is 0 Å². The van der Waals surface area contributed by atoms with Crippen molar-refractivity contribution in [1.82, 2.24) is 15.5 Å². The highest BCUT2D eigenvalue weighted by atomic mass is 32.1. The molecule has 2 N–H and O–H groups in total. The van der Waals surface area contributed by atoms with Crippen LogP contribution in [-0.4, -0.2) is 29.2 Å². The van der Waals surface area contributed by atoms with Gasteiger partial charge in [-0.25, -0.2) is 0 Å². The first-order valence-electron chi connectivity index (χ1n) is 8.02. The predicted molar refractivity (Wildman–Crippen MR) is 86.5 cm³/mol. The Balaban J connectivity index is 1.76. The summed E-state index contributed by atoms with van der Waals surface area (Å²) in [7, 11) is 0. The van der Waals surface area contributed by atoms with Crippen LogP contribution in [0.2, 0.25) is 0 Å². The van der Waals surface area contributed by atoms with Gasteiger partial charge in [0.1, 0.15) is 5.01 Å². The molecule has 118 valence electrons. The molecule has 0 radical (unpaired) electrons. The molecule has 1 aliphatic heterocycles. The largest absolute Gasteiger partial charge is 0.317 e. The minimum Gasteiger partial charge on any atom is -0.317 e. The molecule has 2 rings (SSSR count). The lowest BCUT2D eigenvalue weighted by Gasteiger charge is -2.27. The summed E-state index contributed by atoms with van der Waals surface area (Å²) in [6.45, 7) is 6.50. The number of rotatable bonds is 7. The molecule has 0 saturated carbocycles. The standard InChI is InChI=1S/C15H26N4OS/c1-3-4-5-14-18-19-15(21-14)17-13(20)10-11(2)12-6-8-16-9-7-12/h11-12,16H,3-10H2,1-2H3,(H,17,19,20). The molecule has 1 aromatic rings. The molecular weight excluding hydrogens is 284 g/mol. The van der Waals surface area contributed by atoms with Gasteiger partial charge in [0.2, 0.25) is 11.0 Å². The molecule has 1 aliphatic rings. The fraction of sp³-hybridized carbons (Fsp3) is 0.800. The van der Waals surface area contributed by atoms with Crippen LogP contribution in [0.5, 0.6) is 0 Å². The number of piperidine rings is 1. The van der Waals surface area contributed by atoms with Gasteiger partial charge in [-0.2, -0.15) is 0 Å². The zero-order valence-corrected chi connectivity index (χ0v) is 13.8. The lowest BCUT2D eigenvalue weighted by Crippen LogP contribution is -2.32. The molecule has 0 aliphatic carbocycles. The maximum atomic E-state index is 12.1. The van der Waals surface area contributed by atoms with E-state index in [-0.39, 0.29) is 5.91 Å². The second kappa shape index (κ2) is 8.44. The molecule has 1 saturated heterocycles. The van der Waals surface area contributed by atoms with Gasteiger partial charge in [0.25, 0.3) is 0 Å². The van der Waals surface area contributed by atoms with Gasteiger partial charge in [0.15, 0.2) is 0 Å². The van der Waals surface area contributed by atoms with Crippen molar-refractivity contribution < 1.29 is 4.79 Å². The van der Waals surface area contributed by atoms with E-state index in [0.717, 1.165) is 37.4 Å². The van der Waals surface area contributed by atoms with E-state index in [4.69, 9.17) is 0 Å². The third kappa shape index (κ3) is 5.36. The number of carbonyl (C=O) groups excluding carboxylic acids is 1. The Labute approximate surface area is 130 Å². The number of nitrogens with one attached hydrogen (secondary N) is 2. The highest BCUT2D eigenvalue weighted by Gasteiger charge is 2.22. The number of aromatic nitrogens is 2. The Morgan fingerprint density at radius 2 is 2.19 bits per heavy atom. The molecule has 1 unspecified atom stereocenters. The summed E-state index contributed by atoms with van der Waals surface area (Å²) < 4.78 is 0. The van der Waals surface area contributed by atoms with Gasteiger partial charge in [-0.3, -0.25) is 4.79 Å². The summed E-state index contributed by atoms with van der Waals surface area (Å²) in [6.07, 6.45) is 6.15. The Morgan fingerprint density at radius 3 is 2.90 bits per heavy atom. The van der Waals surface area contributed by atoms with Crippen LogP contribution in [0, 0.1) is 11.8 Å². The minimum absolute atomic E-state index is 0.0687. The molecule has 0 spiro atoms. The van der Waals surface area contributed by atoms with E-state index in [1.165, 1.54) is 24.2 Å². The number of hydrogen-bond acceptors (Lipinski definition) is 5. The summed E-state index contributed by atoms with van der Waals surface area (Å²) in [6, 6.07) is 0. The van der Waals surface area contributed by atoms with E-state index >= 15 is 0 Å². The molecule has 21 heavy (non-hydrogen) atoms. The smallest absolute Gasteiger partial charge is 0.226 e. The first-order valence-corrected chi connectivity index (χ1v) is 8.83. The van der Waals surface area contributed by atoms with Crippen molar-refractivity contribution in [3.8, 4) is 0 Å². The van der Waals surface area contributed by atoms with E-state index in [1.807, 2.05) is 0 Å². The summed E-state index contributed by atoms with van der Waals surface area (Å²) >= 11 is 1.50. The molecular formula is C15H26N4OS.